The number of carbonyl (C=O) groups is 1. The monoisotopic (exact) mass is 934 g/mol. The Labute approximate surface area is 403 Å². The van der Waals surface area contributed by atoms with Gasteiger partial charge < -0.3 is 34.2 Å². The standard InChI is InChI=1S/C56H62N4O9/c1-3-30-67-56-52(59(55(63)40-22-23-40)34-42-16-11-15-39-13-4-5-18-46(39)42)33-50(58-68-35-38-20-24-44(25-21-38)60(64)65)48-31-41(14-6-8-28-61)47(19-7-9-29-62)53(54(48)56)49-32-45(26-27-51(49)69-56)66-36-43-17-10-12-37(2)57-43/h3-5,10-13,15-18,20-21,24-27,31-32,40-41,47,52-54,61-62H,1,6-9,14,19,22-23,28-30,33-36H2,2H3. The lowest BCUT2D eigenvalue weighted by Crippen LogP contribution is -2.70. The molecule has 0 saturated heterocycles. The molecule has 0 spiro atoms. The summed E-state index contributed by atoms with van der Waals surface area (Å²) >= 11 is 0. The minimum Gasteiger partial charge on any atom is -0.487 e. The van der Waals surface area contributed by atoms with E-state index in [1.165, 1.54) is 12.1 Å². The van der Waals surface area contributed by atoms with Crippen molar-refractivity contribution in [2.24, 2.45) is 28.8 Å². The number of allylic oxidation sites excluding steroid dienone is 1. The predicted octanol–water partition coefficient (Wildman–Crippen LogP) is 10.3. The van der Waals surface area contributed by atoms with E-state index in [0.29, 0.717) is 42.2 Å². The van der Waals surface area contributed by atoms with Gasteiger partial charge in [-0.25, -0.2) is 0 Å². The average molecular weight is 935 g/mol. The summed E-state index contributed by atoms with van der Waals surface area (Å²) in [5, 5.41) is 38.7. The average Bonchev–Trinajstić information content (AvgIpc) is 4.22. The van der Waals surface area contributed by atoms with Crippen molar-refractivity contribution in [2.75, 3.05) is 19.8 Å². The van der Waals surface area contributed by atoms with Crippen LogP contribution in [0.3, 0.4) is 0 Å². The fraction of sp³-hybridized carbons (Fsp3) is 0.411. The predicted molar refractivity (Wildman–Crippen MR) is 263 cm³/mol. The lowest BCUT2D eigenvalue weighted by Gasteiger charge is -2.60. The van der Waals surface area contributed by atoms with Gasteiger partial charge in [0.15, 0.2) is 0 Å². The molecule has 4 aromatic carbocycles. The molecule has 6 atom stereocenters. The van der Waals surface area contributed by atoms with Crippen molar-refractivity contribution < 1.29 is 39.0 Å². The van der Waals surface area contributed by atoms with Crippen molar-refractivity contribution >= 4 is 28.1 Å². The number of nitrogens with zero attached hydrogens (tertiary/aromatic N) is 4. The van der Waals surface area contributed by atoms with E-state index in [1.54, 1.807) is 18.2 Å². The fourth-order valence-electron chi connectivity index (χ4n) is 11.0. The van der Waals surface area contributed by atoms with Gasteiger partial charge in [0.25, 0.3) is 5.69 Å². The van der Waals surface area contributed by atoms with Gasteiger partial charge in [0, 0.05) is 61.4 Å². The number of carbonyl (C=O) groups excluding carboxylic acids is 1. The second kappa shape index (κ2) is 21.5. The van der Waals surface area contributed by atoms with Crippen molar-refractivity contribution in [1.82, 2.24) is 9.88 Å². The number of nitro groups is 1. The third-order valence-electron chi connectivity index (χ3n) is 14.3. The number of aryl methyl sites for hydroxylation is 1. The van der Waals surface area contributed by atoms with Gasteiger partial charge in [-0.3, -0.25) is 19.9 Å². The number of aliphatic hydroxyl groups excluding tert-OH is 2. The van der Waals surface area contributed by atoms with Crippen molar-refractivity contribution in [3.8, 4) is 11.5 Å². The Morgan fingerprint density at radius 3 is 2.48 bits per heavy atom. The van der Waals surface area contributed by atoms with Crippen LogP contribution in [-0.4, -0.2) is 68.3 Å². The van der Waals surface area contributed by atoms with Crippen LogP contribution in [0.1, 0.15) is 91.8 Å². The number of ether oxygens (including phenoxy) is 3. The highest BCUT2D eigenvalue weighted by molar-refractivity contribution is 6.03. The number of hydrogen-bond acceptors (Lipinski definition) is 11. The Hall–Kier alpha value is -6.41. The summed E-state index contributed by atoms with van der Waals surface area (Å²) in [6.45, 7) is 6.99. The van der Waals surface area contributed by atoms with E-state index in [1.807, 2.05) is 60.4 Å². The molecule has 1 amide bonds. The molecule has 2 saturated carbocycles. The molecule has 13 heteroatoms. The molecule has 69 heavy (non-hydrogen) atoms. The van der Waals surface area contributed by atoms with Crippen molar-refractivity contribution in [3.63, 3.8) is 0 Å². The van der Waals surface area contributed by atoms with Crippen LogP contribution >= 0.6 is 0 Å². The van der Waals surface area contributed by atoms with Crippen LogP contribution in [0.25, 0.3) is 10.8 Å². The quantitative estimate of drug-likeness (QED) is 0.0295. The Morgan fingerprint density at radius 1 is 0.957 bits per heavy atom. The van der Waals surface area contributed by atoms with E-state index in [2.05, 4.69) is 48.0 Å². The first-order valence-corrected chi connectivity index (χ1v) is 24.5. The van der Waals surface area contributed by atoms with Crippen LogP contribution < -0.4 is 9.47 Å². The fourth-order valence-corrected chi connectivity index (χ4v) is 11.0. The minimum absolute atomic E-state index is 0.0141. The zero-order valence-corrected chi connectivity index (χ0v) is 39.3. The van der Waals surface area contributed by atoms with E-state index in [4.69, 9.17) is 24.2 Å². The van der Waals surface area contributed by atoms with Crippen molar-refractivity contribution in [2.45, 2.75) is 102 Å². The first kappa shape index (κ1) is 47.6. The molecule has 0 bridgehead atoms. The van der Waals surface area contributed by atoms with Crippen LogP contribution in [0.4, 0.5) is 5.69 Å². The second-order valence-corrected chi connectivity index (χ2v) is 18.9. The first-order valence-electron chi connectivity index (χ1n) is 24.5. The van der Waals surface area contributed by atoms with E-state index in [-0.39, 0.29) is 74.7 Å². The van der Waals surface area contributed by atoms with Gasteiger partial charge in [-0.05, 0) is 127 Å². The SMILES string of the molecule is C=CCOC12Oc3ccc(OCc4cccc(C)n4)cc3C3C(CCCCO)C(CCCCO)C=C(C(=NOCc4ccc([N+](=O)[O-])cc4)CC1N(Cc1cccc4ccccc14)C(=O)C1CC1)C32. The molecule has 0 radical (unpaired) electrons. The van der Waals surface area contributed by atoms with E-state index >= 15 is 4.79 Å². The van der Waals surface area contributed by atoms with E-state index in [0.717, 1.165) is 77.4 Å². The maximum atomic E-state index is 15.2. The molecule has 2 N–H and O–H groups in total. The summed E-state index contributed by atoms with van der Waals surface area (Å²) in [6.07, 6.45) is 10.4. The summed E-state index contributed by atoms with van der Waals surface area (Å²) in [7, 11) is 0. The van der Waals surface area contributed by atoms with Gasteiger partial charge in [-0.2, -0.15) is 0 Å². The van der Waals surface area contributed by atoms with Crippen molar-refractivity contribution in [3.05, 3.63) is 166 Å². The maximum absolute atomic E-state index is 15.2. The molecule has 1 aromatic heterocycles. The molecule has 4 aliphatic rings. The lowest BCUT2D eigenvalue weighted by atomic mass is 9.55. The van der Waals surface area contributed by atoms with Gasteiger partial charge in [0.05, 0.1) is 28.9 Å². The molecule has 3 aliphatic carbocycles. The van der Waals surface area contributed by atoms with Crippen LogP contribution in [0.5, 0.6) is 11.5 Å². The van der Waals surface area contributed by atoms with Gasteiger partial charge in [-0.1, -0.05) is 78.7 Å². The zero-order chi connectivity index (χ0) is 47.9. The van der Waals surface area contributed by atoms with Crippen LogP contribution in [-0.2, 0) is 34.1 Å². The molecule has 360 valence electrons. The number of unbranched alkanes of at least 4 members (excludes halogenated alkanes) is 2. The number of rotatable bonds is 22. The van der Waals surface area contributed by atoms with Crippen molar-refractivity contribution in [1.29, 1.82) is 0 Å². The molecule has 2 heterocycles. The number of oxime groups is 1. The number of pyridine rings is 1. The zero-order valence-electron chi connectivity index (χ0n) is 39.3. The molecule has 13 nitrogen and oxygen atoms in total. The topological polar surface area (TPSA) is 166 Å². The number of non-ortho nitro benzene ring substituents is 1. The molecule has 6 unspecified atom stereocenters. The first-order chi connectivity index (χ1) is 33.7. The summed E-state index contributed by atoms with van der Waals surface area (Å²) in [6, 6.07) is 31.9. The third-order valence-corrected chi connectivity index (χ3v) is 14.3. The summed E-state index contributed by atoms with van der Waals surface area (Å²) in [5.74, 6) is -0.914. The number of aliphatic hydroxyl groups is 2. The molecule has 2 fully saturated rings. The van der Waals surface area contributed by atoms with Crippen LogP contribution in [0.15, 0.2) is 133 Å². The number of fused-ring (bicyclic) bond motifs is 3. The van der Waals surface area contributed by atoms with E-state index in [9.17, 15) is 20.3 Å². The van der Waals surface area contributed by atoms with E-state index < -0.39 is 22.7 Å². The summed E-state index contributed by atoms with van der Waals surface area (Å²) in [4.78, 5) is 39.2. The normalized spacial score (nSPS) is 23.0. The second-order valence-electron chi connectivity index (χ2n) is 18.9. The highest BCUT2D eigenvalue weighted by Crippen LogP contribution is 2.62. The number of benzene rings is 4. The van der Waals surface area contributed by atoms with Gasteiger partial charge in [0.1, 0.15) is 30.8 Å². The number of hydrogen-bond donors (Lipinski definition) is 2. The Kier molecular flexibility index (Phi) is 14.8. The Morgan fingerprint density at radius 2 is 1.72 bits per heavy atom. The van der Waals surface area contributed by atoms with Gasteiger partial charge in [0.2, 0.25) is 11.7 Å². The smallest absolute Gasteiger partial charge is 0.269 e. The Balaban J connectivity index is 1.23. The molecule has 9 rings (SSSR count). The van der Waals surface area contributed by atoms with Crippen LogP contribution in [0.2, 0.25) is 0 Å². The third kappa shape index (κ3) is 10.3. The number of amides is 1. The summed E-state index contributed by atoms with van der Waals surface area (Å²) < 4.78 is 21.3. The lowest BCUT2D eigenvalue weighted by molar-refractivity contribution is -0.384. The molecular formula is C56H62N4O9. The highest BCUT2D eigenvalue weighted by Gasteiger charge is 2.66. The number of aromatic nitrogens is 1. The molecule has 5 aromatic rings. The van der Waals surface area contributed by atoms with Gasteiger partial charge >= 0.3 is 0 Å². The highest BCUT2D eigenvalue weighted by atomic mass is 16.7. The molecule has 1 aliphatic heterocycles. The van der Waals surface area contributed by atoms with Gasteiger partial charge in [-0.15, -0.1) is 6.58 Å². The molecular weight excluding hydrogens is 873 g/mol. The maximum Gasteiger partial charge on any atom is 0.269 e. The largest absolute Gasteiger partial charge is 0.487 e. The Bertz CT molecular complexity index is 2690. The van der Waals surface area contributed by atoms with Crippen LogP contribution in [0, 0.1) is 40.7 Å². The number of nitro benzene ring substituents is 1. The summed E-state index contributed by atoms with van der Waals surface area (Å²) in [5.41, 5.74) is 5.97. The minimum atomic E-state index is -1.43.